The summed E-state index contributed by atoms with van der Waals surface area (Å²) in [4.78, 5) is 22.4. The Morgan fingerprint density at radius 2 is 1.93 bits per heavy atom. The highest BCUT2D eigenvalue weighted by atomic mass is 19.4. The van der Waals surface area contributed by atoms with Crippen molar-refractivity contribution >= 4 is 11.9 Å². The Kier molecular flexibility index (Phi) is 6.19. The Hall–Kier alpha value is -2.49. The fraction of sp³-hybridized carbons (Fsp3) is 0.529. The van der Waals surface area contributed by atoms with Crippen LogP contribution in [0.2, 0.25) is 0 Å². The van der Waals surface area contributed by atoms with Crippen LogP contribution in [-0.2, 0) is 16.1 Å². The highest BCUT2D eigenvalue weighted by Gasteiger charge is 2.51. The Morgan fingerprint density at radius 3 is 2.41 bits per heavy atom. The van der Waals surface area contributed by atoms with Crippen molar-refractivity contribution in [3.05, 3.63) is 23.8 Å². The highest BCUT2D eigenvalue weighted by molar-refractivity contribution is 5.78. The number of ether oxygens (including phenoxy) is 2. The minimum atomic E-state index is -5.08. The minimum Gasteiger partial charge on any atom is -0.497 e. The molecule has 1 aliphatic heterocycles. The quantitative estimate of drug-likeness (QED) is 0.814. The van der Waals surface area contributed by atoms with Crippen molar-refractivity contribution in [3.8, 4) is 11.5 Å². The van der Waals surface area contributed by atoms with Gasteiger partial charge in [-0.25, -0.2) is 4.79 Å². The molecule has 1 aliphatic carbocycles. The molecule has 27 heavy (non-hydrogen) atoms. The number of methoxy groups -OCH3 is 1. The van der Waals surface area contributed by atoms with Gasteiger partial charge in [-0.3, -0.25) is 9.69 Å². The summed E-state index contributed by atoms with van der Waals surface area (Å²) in [7, 11) is 1.63. The van der Waals surface area contributed by atoms with Crippen LogP contribution in [0.1, 0.15) is 18.4 Å². The number of fused-ring (bicyclic) bond motifs is 1. The number of rotatable bonds is 4. The zero-order valence-electron chi connectivity index (χ0n) is 14.6. The van der Waals surface area contributed by atoms with Gasteiger partial charge in [-0.1, -0.05) is 6.07 Å². The van der Waals surface area contributed by atoms with E-state index in [4.69, 9.17) is 19.4 Å². The molecular weight excluding hydrogens is 371 g/mol. The van der Waals surface area contributed by atoms with E-state index < -0.39 is 23.5 Å². The summed E-state index contributed by atoms with van der Waals surface area (Å²) in [5.41, 5.74) is 0.571. The SMILES string of the molecule is COc1ccc2c(c1)OCCN(CC1(C(=O)O)CC1)C2.O=C(O)C(F)(F)F. The molecule has 3 rings (SSSR count). The lowest BCUT2D eigenvalue weighted by atomic mass is 10.1. The maximum atomic E-state index is 11.3. The zero-order chi connectivity index (χ0) is 20.2. The highest BCUT2D eigenvalue weighted by Crippen LogP contribution is 2.47. The third kappa shape index (κ3) is 5.49. The van der Waals surface area contributed by atoms with Crippen LogP contribution < -0.4 is 9.47 Å². The van der Waals surface area contributed by atoms with Gasteiger partial charge in [-0.2, -0.15) is 13.2 Å². The van der Waals surface area contributed by atoms with Gasteiger partial charge in [0.1, 0.15) is 18.1 Å². The summed E-state index contributed by atoms with van der Waals surface area (Å²) >= 11 is 0. The Balaban J connectivity index is 0.000000321. The van der Waals surface area contributed by atoms with Gasteiger partial charge >= 0.3 is 18.1 Å². The molecule has 0 atom stereocenters. The van der Waals surface area contributed by atoms with E-state index in [-0.39, 0.29) is 0 Å². The van der Waals surface area contributed by atoms with E-state index >= 15 is 0 Å². The van der Waals surface area contributed by atoms with E-state index in [0.29, 0.717) is 13.2 Å². The Morgan fingerprint density at radius 1 is 1.30 bits per heavy atom. The van der Waals surface area contributed by atoms with Crippen LogP contribution in [0, 0.1) is 5.41 Å². The summed E-state index contributed by atoms with van der Waals surface area (Å²) in [6.45, 7) is 2.67. The average Bonchev–Trinajstić information content (AvgIpc) is 3.38. The third-order valence-corrected chi connectivity index (χ3v) is 4.41. The molecule has 0 radical (unpaired) electrons. The second-order valence-electron chi connectivity index (χ2n) is 6.42. The number of halogens is 3. The van der Waals surface area contributed by atoms with Crippen molar-refractivity contribution in [3.63, 3.8) is 0 Å². The summed E-state index contributed by atoms with van der Waals surface area (Å²) in [6.07, 6.45) is -3.51. The lowest BCUT2D eigenvalue weighted by Gasteiger charge is -2.23. The molecule has 0 amide bonds. The van der Waals surface area contributed by atoms with Crippen LogP contribution in [0.4, 0.5) is 13.2 Å². The van der Waals surface area contributed by atoms with Gasteiger partial charge in [0, 0.05) is 31.3 Å². The number of aliphatic carboxylic acids is 2. The van der Waals surface area contributed by atoms with E-state index in [1.165, 1.54) is 0 Å². The summed E-state index contributed by atoms with van der Waals surface area (Å²) in [5, 5.41) is 16.4. The van der Waals surface area contributed by atoms with Crippen molar-refractivity contribution in [2.45, 2.75) is 25.6 Å². The van der Waals surface area contributed by atoms with E-state index in [0.717, 1.165) is 43.0 Å². The number of carbonyl (C=O) groups is 2. The monoisotopic (exact) mass is 391 g/mol. The summed E-state index contributed by atoms with van der Waals surface area (Å²) in [5.74, 6) is -1.81. The predicted octanol–water partition coefficient (Wildman–Crippen LogP) is 2.39. The van der Waals surface area contributed by atoms with E-state index in [1.807, 2.05) is 18.2 Å². The van der Waals surface area contributed by atoms with Crippen LogP contribution in [0.25, 0.3) is 0 Å². The molecule has 1 aromatic carbocycles. The maximum Gasteiger partial charge on any atom is 0.490 e. The van der Waals surface area contributed by atoms with Crippen molar-refractivity contribution in [2.24, 2.45) is 5.41 Å². The van der Waals surface area contributed by atoms with Crippen molar-refractivity contribution in [1.29, 1.82) is 0 Å². The van der Waals surface area contributed by atoms with Crippen molar-refractivity contribution in [2.75, 3.05) is 26.8 Å². The number of carboxylic acid groups (broad SMARTS) is 2. The number of alkyl halides is 3. The van der Waals surface area contributed by atoms with Crippen LogP contribution in [-0.4, -0.2) is 60.0 Å². The van der Waals surface area contributed by atoms with E-state index in [9.17, 15) is 23.1 Å². The number of benzene rings is 1. The first-order chi connectivity index (χ1) is 12.6. The molecule has 150 valence electrons. The lowest BCUT2D eigenvalue weighted by molar-refractivity contribution is -0.192. The van der Waals surface area contributed by atoms with Crippen LogP contribution >= 0.6 is 0 Å². The molecule has 1 fully saturated rings. The average molecular weight is 391 g/mol. The number of hydrogen-bond donors (Lipinski definition) is 2. The molecule has 0 spiro atoms. The number of hydrogen-bond acceptors (Lipinski definition) is 5. The normalized spacial score (nSPS) is 18.1. The molecule has 0 aromatic heterocycles. The molecule has 1 saturated carbocycles. The summed E-state index contributed by atoms with van der Waals surface area (Å²) in [6, 6.07) is 5.80. The zero-order valence-corrected chi connectivity index (χ0v) is 14.6. The number of nitrogens with zero attached hydrogens (tertiary/aromatic N) is 1. The first-order valence-corrected chi connectivity index (χ1v) is 8.13. The molecule has 1 aromatic rings. The largest absolute Gasteiger partial charge is 0.497 e. The first-order valence-electron chi connectivity index (χ1n) is 8.13. The smallest absolute Gasteiger partial charge is 0.490 e. The van der Waals surface area contributed by atoms with Gasteiger partial charge in [0.2, 0.25) is 0 Å². The van der Waals surface area contributed by atoms with Crippen LogP contribution in [0.5, 0.6) is 11.5 Å². The number of carboxylic acids is 2. The second-order valence-corrected chi connectivity index (χ2v) is 6.42. The van der Waals surface area contributed by atoms with Gasteiger partial charge in [-0.15, -0.1) is 0 Å². The first kappa shape index (κ1) is 20.8. The van der Waals surface area contributed by atoms with Crippen molar-refractivity contribution < 1.29 is 42.4 Å². The summed E-state index contributed by atoms with van der Waals surface area (Å²) < 4.78 is 42.7. The molecule has 10 heteroatoms. The molecule has 2 aliphatic rings. The van der Waals surface area contributed by atoms with Gasteiger partial charge < -0.3 is 19.7 Å². The van der Waals surface area contributed by atoms with Crippen LogP contribution in [0.3, 0.4) is 0 Å². The molecule has 2 N–H and O–H groups in total. The van der Waals surface area contributed by atoms with Gasteiger partial charge in [0.15, 0.2) is 0 Å². The molecule has 0 unspecified atom stereocenters. The van der Waals surface area contributed by atoms with Gasteiger partial charge in [0.25, 0.3) is 0 Å². The van der Waals surface area contributed by atoms with Crippen LogP contribution in [0.15, 0.2) is 18.2 Å². The van der Waals surface area contributed by atoms with Crippen molar-refractivity contribution in [1.82, 2.24) is 4.90 Å². The molecule has 7 nitrogen and oxygen atoms in total. The maximum absolute atomic E-state index is 11.3. The van der Waals surface area contributed by atoms with E-state index in [2.05, 4.69) is 4.90 Å². The molecule has 1 heterocycles. The standard InChI is InChI=1S/C15H19NO4.C2HF3O2/c1-19-12-3-2-11-9-16(6-7-20-13(11)8-12)10-15(4-5-15)14(17)18;3-2(4,5)1(6)7/h2-3,8H,4-7,9-10H2,1H3,(H,17,18);(H,6,7). The molecule has 0 bridgehead atoms. The lowest BCUT2D eigenvalue weighted by Crippen LogP contribution is -2.35. The minimum absolute atomic E-state index is 0.517. The fourth-order valence-electron chi connectivity index (χ4n) is 2.68. The predicted molar refractivity (Wildman–Crippen MR) is 86.8 cm³/mol. The molecule has 0 saturated heterocycles. The topological polar surface area (TPSA) is 96.3 Å². The Bertz CT molecular complexity index is 702. The molecular formula is C17H20F3NO6. The van der Waals surface area contributed by atoms with Gasteiger partial charge in [0.05, 0.1) is 12.5 Å². The Labute approximate surface area is 153 Å². The van der Waals surface area contributed by atoms with E-state index in [1.54, 1.807) is 7.11 Å². The third-order valence-electron chi connectivity index (χ3n) is 4.41. The second kappa shape index (κ2) is 8.03. The van der Waals surface area contributed by atoms with Gasteiger partial charge in [-0.05, 0) is 18.9 Å². The fourth-order valence-corrected chi connectivity index (χ4v) is 2.68.